The van der Waals surface area contributed by atoms with E-state index in [1.54, 1.807) is 0 Å². The normalized spacial score (nSPS) is 12.5. The molecule has 0 fully saturated rings. The van der Waals surface area contributed by atoms with E-state index in [0.29, 0.717) is 6.04 Å². The van der Waals surface area contributed by atoms with Crippen molar-refractivity contribution in [1.82, 2.24) is 9.78 Å². The van der Waals surface area contributed by atoms with Gasteiger partial charge in [0.2, 0.25) is 0 Å². The molecule has 1 unspecified atom stereocenters. The van der Waals surface area contributed by atoms with Gasteiger partial charge in [-0.25, -0.2) is 0 Å². The fourth-order valence-corrected chi connectivity index (χ4v) is 0.938. The molecule has 0 bridgehead atoms. The van der Waals surface area contributed by atoms with E-state index < -0.39 is 0 Å². The van der Waals surface area contributed by atoms with Crippen molar-refractivity contribution in [3.8, 4) is 12.3 Å². The van der Waals surface area contributed by atoms with Crippen LogP contribution in [0.25, 0.3) is 0 Å². The van der Waals surface area contributed by atoms with Crippen LogP contribution in [0.1, 0.15) is 24.9 Å². The maximum absolute atomic E-state index is 5.18. The lowest BCUT2D eigenvalue weighted by Crippen LogP contribution is -2.03. The molecule has 11 heavy (non-hydrogen) atoms. The molecule has 0 amide bonds. The largest absolute Gasteiger partial charge is 0.269 e. The molecule has 0 aliphatic carbocycles. The standard InChI is InChI=1S/C9H12N2/c1-4-5-9(3)11-7-8(2)6-10-11/h1,6-7,9H,5H2,2-3H3. The van der Waals surface area contributed by atoms with Crippen LogP contribution in [0.15, 0.2) is 12.4 Å². The number of rotatable bonds is 2. The van der Waals surface area contributed by atoms with Gasteiger partial charge in [0.05, 0.1) is 12.2 Å². The van der Waals surface area contributed by atoms with Crippen molar-refractivity contribution in [2.45, 2.75) is 26.3 Å². The van der Waals surface area contributed by atoms with Crippen LogP contribution < -0.4 is 0 Å². The molecule has 1 heterocycles. The van der Waals surface area contributed by atoms with Crippen LogP contribution in [0, 0.1) is 19.3 Å². The first-order chi connectivity index (χ1) is 5.24. The fraction of sp³-hybridized carbons (Fsp3) is 0.444. The van der Waals surface area contributed by atoms with E-state index in [4.69, 9.17) is 6.42 Å². The van der Waals surface area contributed by atoms with Gasteiger partial charge in [-0.15, -0.1) is 12.3 Å². The second kappa shape index (κ2) is 3.25. The van der Waals surface area contributed by atoms with Gasteiger partial charge in [0.15, 0.2) is 0 Å². The molecule has 0 saturated heterocycles. The van der Waals surface area contributed by atoms with Crippen LogP contribution in [-0.4, -0.2) is 9.78 Å². The molecular formula is C9H12N2. The predicted molar refractivity (Wildman–Crippen MR) is 45.1 cm³/mol. The third kappa shape index (κ3) is 1.84. The monoisotopic (exact) mass is 148 g/mol. The van der Waals surface area contributed by atoms with Crippen molar-refractivity contribution in [2.24, 2.45) is 0 Å². The number of aromatic nitrogens is 2. The summed E-state index contributed by atoms with van der Waals surface area (Å²) >= 11 is 0. The summed E-state index contributed by atoms with van der Waals surface area (Å²) in [7, 11) is 0. The summed E-state index contributed by atoms with van der Waals surface area (Å²) in [6.07, 6.45) is 9.76. The summed E-state index contributed by atoms with van der Waals surface area (Å²) in [6, 6.07) is 0.314. The lowest BCUT2D eigenvalue weighted by Gasteiger charge is -2.06. The Kier molecular flexibility index (Phi) is 2.32. The van der Waals surface area contributed by atoms with E-state index in [9.17, 15) is 0 Å². The van der Waals surface area contributed by atoms with Crippen molar-refractivity contribution in [1.29, 1.82) is 0 Å². The van der Waals surface area contributed by atoms with Crippen LogP contribution in [0.4, 0.5) is 0 Å². The zero-order chi connectivity index (χ0) is 8.27. The minimum absolute atomic E-state index is 0.314. The molecule has 2 nitrogen and oxygen atoms in total. The first kappa shape index (κ1) is 7.87. The van der Waals surface area contributed by atoms with Gasteiger partial charge in [-0.3, -0.25) is 4.68 Å². The molecular weight excluding hydrogens is 136 g/mol. The number of aryl methyl sites for hydroxylation is 1. The van der Waals surface area contributed by atoms with Crippen LogP contribution in [0.3, 0.4) is 0 Å². The minimum atomic E-state index is 0.314. The summed E-state index contributed by atoms with van der Waals surface area (Å²) in [5.41, 5.74) is 1.17. The molecule has 2 heteroatoms. The Hall–Kier alpha value is -1.23. The summed E-state index contributed by atoms with van der Waals surface area (Å²) in [5, 5.41) is 4.16. The van der Waals surface area contributed by atoms with Crippen LogP contribution in [-0.2, 0) is 0 Å². The van der Waals surface area contributed by atoms with Crippen molar-refractivity contribution >= 4 is 0 Å². The summed E-state index contributed by atoms with van der Waals surface area (Å²) in [5.74, 6) is 2.61. The molecule has 1 rings (SSSR count). The maximum atomic E-state index is 5.18. The average molecular weight is 148 g/mol. The molecule has 0 saturated carbocycles. The Morgan fingerprint density at radius 1 is 1.82 bits per heavy atom. The topological polar surface area (TPSA) is 17.8 Å². The average Bonchev–Trinajstić information content (AvgIpc) is 2.36. The van der Waals surface area contributed by atoms with Gasteiger partial charge in [0.1, 0.15) is 0 Å². The van der Waals surface area contributed by atoms with E-state index in [0.717, 1.165) is 6.42 Å². The van der Waals surface area contributed by atoms with Crippen LogP contribution >= 0.6 is 0 Å². The molecule has 0 aromatic carbocycles. The molecule has 1 atom stereocenters. The van der Waals surface area contributed by atoms with Gasteiger partial charge in [-0.2, -0.15) is 5.10 Å². The van der Waals surface area contributed by atoms with E-state index in [1.165, 1.54) is 5.56 Å². The minimum Gasteiger partial charge on any atom is -0.269 e. The highest BCUT2D eigenvalue weighted by molar-refractivity contribution is 5.01. The maximum Gasteiger partial charge on any atom is 0.0600 e. The van der Waals surface area contributed by atoms with Gasteiger partial charge < -0.3 is 0 Å². The Balaban J connectivity index is 2.70. The third-order valence-corrected chi connectivity index (χ3v) is 1.60. The van der Waals surface area contributed by atoms with E-state index in [2.05, 4.69) is 17.9 Å². The lowest BCUT2D eigenvalue weighted by atomic mass is 10.2. The fourth-order valence-electron chi connectivity index (χ4n) is 0.938. The van der Waals surface area contributed by atoms with Gasteiger partial charge in [-0.05, 0) is 19.4 Å². The highest BCUT2D eigenvalue weighted by atomic mass is 15.3. The molecule has 0 N–H and O–H groups in total. The van der Waals surface area contributed by atoms with Crippen LogP contribution in [0.5, 0.6) is 0 Å². The Morgan fingerprint density at radius 2 is 2.55 bits per heavy atom. The van der Waals surface area contributed by atoms with Gasteiger partial charge in [0.25, 0.3) is 0 Å². The zero-order valence-corrected chi connectivity index (χ0v) is 6.91. The van der Waals surface area contributed by atoms with Crippen molar-refractivity contribution in [3.63, 3.8) is 0 Å². The Labute approximate surface area is 67.2 Å². The van der Waals surface area contributed by atoms with Crippen LogP contribution in [0.2, 0.25) is 0 Å². The molecule has 0 radical (unpaired) electrons. The third-order valence-electron chi connectivity index (χ3n) is 1.60. The summed E-state index contributed by atoms with van der Waals surface area (Å²) in [4.78, 5) is 0. The van der Waals surface area contributed by atoms with Gasteiger partial charge in [0, 0.05) is 12.6 Å². The molecule has 58 valence electrons. The molecule has 1 aromatic rings. The van der Waals surface area contributed by atoms with Crippen molar-refractivity contribution in [3.05, 3.63) is 18.0 Å². The highest BCUT2D eigenvalue weighted by Crippen LogP contribution is 2.08. The van der Waals surface area contributed by atoms with Gasteiger partial charge >= 0.3 is 0 Å². The predicted octanol–water partition coefficient (Wildman–Crippen LogP) is 1.78. The number of terminal acetylenes is 1. The van der Waals surface area contributed by atoms with Crippen molar-refractivity contribution < 1.29 is 0 Å². The summed E-state index contributed by atoms with van der Waals surface area (Å²) < 4.78 is 1.90. The zero-order valence-electron chi connectivity index (χ0n) is 6.91. The molecule has 0 aliphatic rings. The first-order valence-corrected chi connectivity index (χ1v) is 3.68. The Morgan fingerprint density at radius 3 is 3.00 bits per heavy atom. The van der Waals surface area contributed by atoms with E-state index in [1.807, 2.05) is 24.0 Å². The number of hydrogen-bond donors (Lipinski definition) is 0. The second-order valence-electron chi connectivity index (χ2n) is 2.75. The summed E-state index contributed by atoms with van der Waals surface area (Å²) in [6.45, 7) is 4.08. The SMILES string of the molecule is C#CCC(C)n1cc(C)cn1. The first-order valence-electron chi connectivity index (χ1n) is 3.68. The molecule has 1 aromatic heterocycles. The van der Waals surface area contributed by atoms with E-state index >= 15 is 0 Å². The van der Waals surface area contributed by atoms with E-state index in [-0.39, 0.29) is 0 Å². The lowest BCUT2D eigenvalue weighted by molar-refractivity contribution is 0.502. The molecule has 0 spiro atoms. The smallest absolute Gasteiger partial charge is 0.0600 e. The number of hydrogen-bond acceptors (Lipinski definition) is 1. The molecule has 0 aliphatic heterocycles. The second-order valence-corrected chi connectivity index (χ2v) is 2.75. The Bertz CT molecular complexity index is 267. The number of nitrogens with zero attached hydrogens (tertiary/aromatic N) is 2. The highest BCUT2D eigenvalue weighted by Gasteiger charge is 2.01. The van der Waals surface area contributed by atoms with Crippen molar-refractivity contribution in [2.75, 3.05) is 0 Å². The van der Waals surface area contributed by atoms with Gasteiger partial charge in [-0.1, -0.05) is 0 Å². The quantitative estimate of drug-likeness (QED) is 0.584.